The highest BCUT2D eigenvalue weighted by atomic mass is 32.2. The van der Waals surface area contributed by atoms with Crippen LogP contribution in [0.2, 0.25) is 0 Å². The number of thiazole rings is 1. The molecule has 6 nitrogen and oxygen atoms in total. The fourth-order valence-electron chi connectivity index (χ4n) is 1.86. The number of benzene rings is 1. The normalized spacial score (nSPS) is 11.3. The molecule has 0 spiro atoms. The van der Waals surface area contributed by atoms with Crippen LogP contribution in [0.3, 0.4) is 0 Å². The van der Waals surface area contributed by atoms with Crippen LogP contribution >= 0.6 is 11.3 Å². The zero-order chi connectivity index (χ0) is 17.0. The molecule has 0 atom stereocenters. The van der Waals surface area contributed by atoms with Crippen LogP contribution in [0.25, 0.3) is 6.08 Å². The summed E-state index contributed by atoms with van der Waals surface area (Å²) in [5.74, 6) is -0.766. The van der Waals surface area contributed by atoms with Crippen LogP contribution in [0.15, 0.2) is 34.6 Å². The van der Waals surface area contributed by atoms with E-state index in [0.29, 0.717) is 21.8 Å². The minimum Gasteiger partial charge on any atom is -0.269 e. The smallest absolute Gasteiger partial charge is 0.269 e. The second-order valence-corrected chi connectivity index (χ2v) is 7.73. The summed E-state index contributed by atoms with van der Waals surface area (Å²) in [6, 6.07) is 8.60. The quantitative estimate of drug-likeness (QED) is 0.854. The second kappa shape index (κ2) is 6.73. The highest BCUT2D eigenvalue weighted by molar-refractivity contribution is 7.92. The molecule has 1 aromatic heterocycles. The second-order valence-electron chi connectivity index (χ2n) is 4.65. The third kappa shape index (κ3) is 4.25. The monoisotopic (exact) mass is 347 g/mol. The molecular weight excluding hydrogens is 334 g/mol. The van der Waals surface area contributed by atoms with E-state index in [0.717, 1.165) is 17.4 Å². The Balaban J connectivity index is 2.14. The number of nitrogens with zero attached hydrogens (tertiary/aromatic N) is 2. The van der Waals surface area contributed by atoms with Crippen molar-refractivity contribution in [2.75, 3.05) is 0 Å². The number of amides is 1. The molecule has 0 aliphatic heterocycles. The molecule has 0 saturated heterocycles. The van der Waals surface area contributed by atoms with Crippen molar-refractivity contribution in [3.63, 3.8) is 0 Å². The Kier molecular flexibility index (Phi) is 4.93. The highest BCUT2D eigenvalue weighted by Crippen LogP contribution is 2.22. The number of nitrogens with one attached hydrogen (secondary N) is 1. The van der Waals surface area contributed by atoms with Crippen LogP contribution in [0.4, 0.5) is 0 Å². The van der Waals surface area contributed by atoms with Crippen molar-refractivity contribution in [2.45, 2.75) is 18.1 Å². The van der Waals surface area contributed by atoms with Crippen LogP contribution in [0.1, 0.15) is 21.8 Å². The van der Waals surface area contributed by atoms with Gasteiger partial charge in [-0.15, -0.1) is 11.3 Å². The maximum absolute atomic E-state index is 12.2. The Labute approximate surface area is 138 Å². The molecule has 0 aliphatic rings. The molecule has 0 unspecified atom stereocenters. The van der Waals surface area contributed by atoms with Crippen molar-refractivity contribution < 1.29 is 13.2 Å². The zero-order valence-electron chi connectivity index (χ0n) is 12.4. The van der Waals surface area contributed by atoms with Crippen molar-refractivity contribution >= 4 is 33.3 Å². The number of carbonyl (C=O) groups is 1. The maximum atomic E-state index is 12.2. The minimum absolute atomic E-state index is 0.0308. The lowest BCUT2D eigenvalue weighted by Gasteiger charge is -2.02. The molecule has 0 aliphatic carbocycles. The van der Waals surface area contributed by atoms with E-state index in [2.05, 4.69) is 4.98 Å². The van der Waals surface area contributed by atoms with Gasteiger partial charge in [0.15, 0.2) is 4.21 Å². The first-order chi connectivity index (χ1) is 10.8. The van der Waals surface area contributed by atoms with Gasteiger partial charge in [-0.2, -0.15) is 5.26 Å². The Bertz CT molecular complexity index is 922. The summed E-state index contributed by atoms with van der Waals surface area (Å²) < 4.78 is 26.3. The molecule has 0 radical (unpaired) electrons. The van der Waals surface area contributed by atoms with Crippen molar-refractivity contribution in [2.24, 2.45) is 0 Å². The number of nitriles is 1. The van der Waals surface area contributed by atoms with E-state index in [9.17, 15) is 13.2 Å². The first kappa shape index (κ1) is 16.9. The van der Waals surface area contributed by atoms with E-state index in [1.165, 1.54) is 6.08 Å². The molecular formula is C15H13N3O3S2. The van der Waals surface area contributed by atoms with Gasteiger partial charge in [0.25, 0.3) is 15.9 Å². The summed E-state index contributed by atoms with van der Waals surface area (Å²) in [5, 5.41) is 9.42. The fraction of sp³-hybridized carbons (Fsp3) is 0.133. The van der Waals surface area contributed by atoms with E-state index >= 15 is 0 Å². The molecule has 2 aromatic rings. The van der Waals surface area contributed by atoms with Crippen LogP contribution in [-0.2, 0) is 14.8 Å². The Morgan fingerprint density at radius 2 is 2.13 bits per heavy atom. The van der Waals surface area contributed by atoms with E-state index in [-0.39, 0.29) is 4.21 Å². The average molecular weight is 347 g/mol. The lowest BCUT2D eigenvalue weighted by molar-refractivity contribution is -0.114. The summed E-state index contributed by atoms with van der Waals surface area (Å²) >= 11 is 1.01. The molecule has 1 heterocycles. The summed E-state index contributed by atoms with van der Waals surface area (Å²) in [4.78, 5) is 15.9. The number of sulfonamides is 1. The highest BCUT2D eigenvalue weighted by Gasteiger charge is 2.22. The Morgan fingerprint density at radius 3 is 2.74 bits per heavy atom. The molecule has 8 heteroatoms. The largest absolute Gasteiger partial charge is 0.275 e. The number of carbonyl (C=O) groups excluding carboxylic acids is 1. The lowest BCUT2D eigenvalue weighted by atomic mass is 10.1. The van der Waals surface area contributed by atoms with Crippen LogP contribution < -0.4 is 4.72 Å². The van der Waals surface area contributed by atoms with Gasteiger partial charge in [0, 0.05) is 6.08 Å². The van der Waals surface area contributed by atoms with Gasteiger partial charge in [-0.25, -0.2) is 18.1 Å². The number of aryl methyl sites for hydroxylation is 2. The van der Waals surface area contributed by atoms with Gasteiger partial charge in [0.2, 0.25) is 0 Å². The summed E-state index contributed by atoms with van der Waals surface area (Å²) in [6.45, 7) is 3.27. The van der Waals surface area contributed by atoms with Gasteiger partial charge in [-0.3, -0.25) is 4.79 Å². The first-order valence-corrected chi connectivity index (χ1v) is 8.81. The van der Waals surface area contributed by atoms with Gasteiger partial charge in [0.1, 0.15) is 0 Å². The molecule has 2 rings (SSSR count). The number of hydrogen-bond acceptors (Lipinski definition) is 6. The lowest BCUT2D eigenvalue weighted by Crippen LogP contribution is -2.28. The zero-order valence-corrected chi connectivity index (χ0v) is 14.0. The minimum atomic E-state index is -3.93. The van der Waals surface area contributed by atoms with Gasteiger partial charge < -0.3 is 0 Å². The van der Waals surface area contributed by atoms with E-state index in [1.54, 1.807) is 38.1 Å². The van der Waals surface area contributed by atoms with Crippen molar-refractivity contribution in [3.05, 3.63) is 52.2 Å². The summed E-state index contributed by atoms with van der Waals surface area (Å²) in [7, 11) is -3.93. The van der Waals surface area contributed by atoms with E-state index in [1.807, 2.05) is 10.8 Å². The van der Waals surface area contributed by atoms with E-state index < -0.39 is 15.9 Å². The number of rotatable bonds is 4. The van der Waals surface area contributed by atoms with Crippen molar-refractivity contribution in [3.8, 4) is 6.07 Å². The van der Waals surface area contributed by atoms with Gasteiger partial charge >= 0.3 is 0 Å². The molecule has 0 bridgehead atoms. The Morgan fingerprint density at radius 1 is 1.39 bits per heavy atom. The summed E-state index contributed by atoms with van der Waals surface area (Å²) in [6.07, 6.45) is 2.55. The third-order valence-corrected chi connectivity index (χ3v) is 5.81. The van der Waals surface area contributed by atoms with Gasteiger partial charge in [-0.05, 0) is 37.6 Å². The molecule has 0 fully saturated rings. The van der Waals surface area contributed by atoms with Crippen LogP contribution in [-0.4, -0.2) is 19.3 Å². The molecule has 118 valence electrons. The molecule has 0 saturated carbocycles. The van der Waals surface area contributed by atoms with Crippen molar-refractivity contribution in [1.29, 1.82) is 5.26 Å². The molecule has 1 N–H and O–H groups in total. The predicted molar refractivity (Wildman–Crippen MR) is 87.1 cm³/mol. The summed E-state index contributed by atoms with van der Waals surface area (Å²) in [5.41, 5.74) is 1.44. The van der Waals surface area contributed by atoms with Gasteiger partial charge in [0.05, 0.1) is 22.3 Å². The topological polar surface area (TPSA) is 99.9 Å². The van der Waals surface area contributed by atoms with Crippen LogP contribution in [0.5, 0.6) is 0 Å². The standard InChI is InChI=1S/C15H13N3O3S2/c1-10-15(22-11(2)17-10)23(20,21)18-14(19)7-6-12-4-3-5-13(8-12)9-16/h3-8H,1-2H3,(H,18,19)/b7-6+. The van der Waals surface area contributed by atoms with Crippen LogP contribution in [0, 0.1) is 25.2 Å². The maximum Gasteiger partial charge on any atom is 0.275 e. The van der Waals surface area contributed by atoms with Crippen molar-refractivity contribution in [1.82, 2.24) is 9.71 Å². The predicted octanol–water partition coefficient (Wildman–Crippen LogP) is 2.15. The average Bonchev–Trinajstić information content (AvgIpc) is 2.84. The Hall–Kier alpha value is -2.50. The first-order valence-electron chi connectivity index (χ1n) is 6.51. The molecule has 1 amide bonds. The SMILES string of the molecule is Cc1nc(C)c(S(=O)(=O)NC(=O)/C=C/c2cccc(C#N)c2)s1. The number of hydrogen-bond donors (Lipinski definition) is 1. The van der Waals surface area contributed by atoms with Gasteiger partial charge in [-0.1, -0.05) is 12.1 Å². The molecule has 1 aromatic carbocycles. The fourth-order valence-corrected chi connectivity index (χ4v) is 4.29. The number of aromatic nitrogens is 1. The molecule has 23 heavy (non-hydrogen) atoms. The third-order valence-electron chi connectivity index (χ3n) is 2.78. The van der Waals surface area contributed by atoms with E-state index in [4.69, 9.17) is 5.26 Å².